The van der Waals surface area contributed by atoms with Crippen molar-refractivity contribution in [3.63, 3.8) is 0 Å². The minimum atomic E-state index is -1.59. The van der Waals surface area contributed by atoms with Crippen molar-refractivity contribution in [1.29, 1.82) is 0 Å². The summed E-state index contributed by atoms with van der Waals surface area (Å²) in [6, 6.07) is 12.9. The number of benzene rings is 2. The van der Waals surface area contributed by atoms with E-state index in [1.165, 1.54) is 6.92 Å². The molecule has 244 valence electrons. The van der Waals surface area contributed by atoms with Crippen molar-refractivity contribution < 1.29 is 48.0 Å². The molecule has 2 amide bonds. The number of carboxylic acids is 1. The van der Waals surface area contributed by atoms with Crippen LogP contribution < -0.4 is 10.6 Å². The molecule has 1 aliphatic carbocycles. The van der Waals surface area contributed by atoms with Gasteiger partial charge >= 0.3 is 30.1 Å². The fourth-order valence-electron chi connectivity index (χ4n) is 4.82. The molecule has 12 heteroatoms. The first-order valence-electron chi connectivity index (χ1n) is 14.7. The summed E-state index contributed by atoms with van der Waals surface area (Å²) < 4.78 is 21.3. The Morgan fingerprint density at radius 2 is 1.33 bits per heavy atom. The van der Waals surface area contributed by atoms with Gasteiger partial charge in [0.05, 0.1) is 0 Å². The number of esters is 2. The van der Waals surface area contributed by atoms with Crippen LogP contribution in [0.15, 0.2) is 48.5 Å². The van der Waals surface area contributed by atoms with E-state index < -0.39 is 59.5 Å². The van der Waals surface area contributed by atoms with Gasteiger partial charge in [0.15, 0.2) is 6.04 Å². The van der Waals surface area contributed by atoms with Crippen LogP contribution in [0.2, 0.25) is 0 Å². The fraction of sp³-hybridized carbons (Fsp3) is 0.485. The quantitative estimate of drug-likeness (QED) is 0.230. The first kappa shape index (κ1) is 34.9. The molecule has 3 N–H and O–H groups in total. The summed E-state index contributed by atoms with van der Waals surface area (Å²) in [7, 11) is 0. The van der Waals surface area contributed by atoms with Gasteiger partial charge in [-0.3, -0.25) is 4.79 Å². The van der Waals surface area contributed by atoms with Gasteiger partial charge in [-0.25, -0.2) is 19.2 Å². The first-order valence-corrected chi connectivity index (χ1v) is 14.7. The van der Waals surface area contributed by atoms with Crippen LogP contribution in [0.3, 0.4) is 0 Å². The zero-order valence-corrected chi connectivity index (χ0v) is 26.7. The van der Waals surface area contributed by atoms with Crippen LogP contribution in [0.5, 0.6) is 0 Å². The molecule has 0 saturated carbocycles. The molecule has 0 spiro atoms. The number of aliphatic carboxylic acids is 1. The maximum absolute atomic E-state index is 13.0. The molecular formula is C33H42N2O10. The van der Waals surface area contributed by atoms with Crippen LogP contribution in [-0.4, -0.2) is 71.2 Å². The van der Waals surface area contributed by atoms with Crippen molar-refractivity contribution in [1.82, 2.24) is 10.6 Å². The Labute approximate surface area is 262 Å². The molecule has 0 fully saturated rings. The number of hydrogen-bond acceptors (Lipinski definition) is 9. The summed E-state index contributed by atoms with van der Waals surface area (Å²) in [6.45, 7) is 11.1. The smallest absolute Gasteiger partial charge is 0.408 e. The summed E-state index contributed by atoms with van der Waals surface area (Å²) >= 11 is 0. The minimum Gasteiger partial charge on any atom is -0.480 e. The van der Waals surface area contributed by atoms with Crippen LogP contribution in [0, 0.1) is 0 Å². The summed E-state index contributed by atoms with van der Waals surface area (Å²) in [5, 5.41) is 14.2. The van der Waals surface area contributed by atoms with Gasteiger partial charge in [-0.05, 0) is 77.1 Å². The Kier molecular flexibility index (Phi) is 11.2. The van der Waals surface area contributed by atoms with Crippen molar-refractivity contribution in [2.75, 3.05) is 6.61 Å². The second-order valence-corrected chi connectivity index (χ2v) is 12.8. The highest BCUT2D eigenvalue weighted by atomic mass is 16.6. The van der Waals surface area contributed by atoms with Crippen LogP contribution >= 0.6 is 0 Å². The van der Waals surface area contributed by atoms with E-state index in [1.54, 1.807) is 41.5 Å². The minimum absolute atomic E-state index is 0.0156. The standard InChI is InChI=1S/C33H42N2O10/c1-19(27(28(37)38)35-31(41)45-33(5,6)7)43-26(36)17-16-25(29(39)44-32(2,3)4)34-30(40)42-18-24-22-14-10-8-12-20(22)21-13-9-11-15-23(21)24/h8-15,19,24-25,27H,16-18H2,1-7H3,(H,34,40)(H,35,41)(H,37,38)/t19-,25?,27+/m1/s1. The number of alkyl carbamates (subject to hydrolysis) is 2. The van der Waals surface area contributed by atoms with E-state index in [0.29, 0.717) is 0 Å². The van der Waals surface area contributed by atoms with Crippen molar-refractivity contribution in [3.05, 3.63) is 59.7 Å². The number of nitrogens with one attached hydrogen (secondary N) is 2. The number of rotatable bonds is 11. The van der Waals surface area contributed by atoms with Crippen molar-refractivity contribution in [2.45, 2.75) is 96.6 Å². The van der Waals surface area contributed by atoms with Crippen LogP contribution in [0.1, 0.15) is 78.4 Å². The van der Waals surface area contributed by atoms with Crippen LogP contribution in [0.25, 0.3) is 11.1 Å². The molecule has 3 atom stereocenters. The van der Waals surface area contributed by atoms with Gasteiger partial charge in [-0.15, -0.1) is 0 Å². The molecule has 2 aromatic rings. The molecule has 0 heterocycles. The summed E-state index contributed by atoms with van der Waals surface area (Å²) in [4.78, 5) is 62.4. The van der Waals surface area contributed by atoms with Crippen LogP contribution in [0.4, 0.5) is 9.59 Å². The topological polar surface area (TPSA) is 167 Å². The Morgan fingerprint density at radius 1 is 0.800 bits per heavy atom. The molecule has 1 aliphatic rings. The first-order chi connectivity index (χ1) is 20.9. The van der Waals surface area contributed by atoms with Crippen LogP contribution in [-0.2, 0) is 33.3 Å². The van der Waals surface area contributed by atoms with E-state index in [9.17, 15) is 29.1 Å². The van der Waals surface area contributed by atoms with E-state index in [0.717, 1.165) is 22.3 Å². The van der Waals surface area contributed by atoms with Gasteiger partial charge in [0.1, 0.15) is 30.0 Å². The zero-order chi connectivity index (χ0) is 33.5. The number of ether oxygens (including phenoxy) is 4. The Morgan fingerprint density at radius 3 is 1.84 bits per heavy atom. The maximum atomic E-state index is 13.0. The molecular weight excluding hydrogens is 584 g/mol. The lowest BCUT2D eigenvalue weighted by Crippen LogP contribution is -2.50. The second-order valence-electron chi connectivity index (χ2n) is 12.8. The van der Waals surface area contributed by atoms with E-state index in [2.05, 4.69) is 10.6 Å². The largest absolute Gasteiger partial charge is 0.480 e. The molecule has 0 radical (unpaired) electrons. The Bertz CT molecular complexity index is 1360. The van der Waals surface area contributed by atoms with E-state index in [1.807, 2.05) is 48.5 Å². The van der Waals surface area contributed by atoms with E-state index in [4.69, 9.17) is 18.9 Å². The Balaban J connectivity index is 1.62. The maximum Gasteiger partial charge on any atom is 0.408 e. The average Bonchev–Trinajstić information content (AvgIpc) is 3.24. The number of amides is 2. The molecule has 2 aromatic carbocycles. The highest BCUT2D eigenvalue weighted by Crippen LogP contribution is 2.44. The summed E-state index contributed by atoms with van der Waals surface area (Å²) in [5.41, 5.74) is 2.42. The molecule has 1 unspecified atom stereocenters. The lowest BCUT2D eigenvalue weighted by atomic mass is 9.98. The molecule has 0 bridgehead atoms. The third kappa shape index (κ3) is 10.2. The lowest BCUT2D eigenvalue weighted by Gasteiger charge is -2.26. The number of hydrogen-bond donors (Lipinski definition) is 3. The highest BCUT2D eigenvalue weighted by Gasteiger charge is 2.34. The average molecular weight is 627 g/mol. The van der Waals surface area contributed by atoms with Crippen molar-refractivity contribution in [3.8, 4) is 11.1 Å². The highest BCUT2D eigenvalue weighted by molar-refractivity contribution is 5.84. The molecule has 3 rings (SSSR count). The monoisotopic (exact) mass is 626 g/mol. The van der Waals surface area contributed by atoms with Gasteiger partial charge in [-0.2, -0.15) is 0 Å². The fourth-order valence-corrected chi connectivity index (χ4v) is 4.82. The number of carbonyl (C=O) groups is 5. The molecule has 0 aliphatic heterocycles. The van der Waals surface area contributed by atoms with Gasteiger partial charge in [0, 0.05) is 12.3 Å². The molecule has 0 aromatic heterocycles. The summed E-state index contributed by atoms with van der Waals surface area (Å²) in [6.07, 6.45) is -3.74. The predicted octanol–water partition coefficient (Wildman–Crippen LogP) is 4.93. The molecule has 45 heavy (non-hydrogen) atoms. The molecule has 0 saturated heterocycles. The Hall–Kier alpha value is -4.61. The third-order valence-electron chi connectivity index (χ3n) is 6.69. The SMILES string of the molecule is C[C@@H](OC(=O)CCC(NC(=O)OCC1c2ccccc2-c2ccccc21)C(=O)OC(C)(C)C)[C@H](NC(=O)OC(C)(C)C)C(=O)O. The number of carboxylic acid groups (broad SMARTS) is 1. The van der Waals surface area contributed by atoms with Crippen molar-refractivity contribution in [2.24, 2.45) is 0 Å². The summed E-state index contributed by atoms with van der Waals surface area (Å²) in [5.74, 6) is -3.28. The number of fused-ring (bicyclic) bond motifs is 3. The normalized spacial score (nSPS) is 14.6. The zero-order valence-electron chi connectivity index (χ0n) is 26.7. The van der Waals surface area contributed by atoms with Gasteiger partial charge < -0.3 is 34.7 Å². The van der Waals surface area contributed by atoms with Crippen molar-refractivity contribution >= 4 is 30.1 Å². The molecule has 12 nitrogen and oxygen atoms in total. The lowest BCUT2D eigenvalue weighted by molar-refractivity contribution is -0.158. The van der Waals surface area contributed by atoms with Gasteiger partial charge in [0.2, 0.25) is 0 Å². The van der Waals surface area contributed by atoms with E-state index >= 15 is 0 Å². The van der Waals surface area contributed by atoms with Gasteiger partial charge in [-0.1, -0.05) is 48.5 Å². The van der Waals surface area contributed by atoms with E-state index in [-0.39, 0.29) is 25.4 Å². The predicted molar refractivity (Wildman–Crippen MR) is 163 cm³/mol. The second kappa shape index (κ2) is 14.4. The van der Waals surface area contributed by atoms with Gasteiger partial charge in [0.25, 0.3) is 0 Å². The number of carbonyl (C=O) groups excluding carboxylic acids is 4. The third-order valence-corrected chi connectivity index (χ3v) is 6.69.